The minimum Gasteiger partial charge on any atom is -0.298 e. The number of piperidine rings is 1. The number of likely N-dealkylation sites (N-methyl/N-ethyl adjacent to an activating group) is 1. The van der Waals surface area contributed by atoms with Gasteiger partial charge in [0.2, 0.25) is 5.54 Å². The van der Waals surface area contributed by atoms with Crippen molar-refractivity contribution in [1.29, 1.82) is 0 Å². The fraction of sp³-hybridized carbons (Fsp3) is 1.00. The van der Waals surface area contributed by atoms with Crippen molar-refractivity contribution in [1.82, 2.24) is 9.80 Å². The Kier molecular flexibility index (Phi) is 10.7. The monoisotopic (exact) mass is 369 g/mol. The van der Waals surface area contributed by atoms with Crippen molar-refractivity contribution in [3.05, 3.63) is 10.1 Å². The Morgan fingerprint density at radius 2 is 1.91 bits per heavy atom. The molecule has 2 fully saturated rings. The Morgan fingerprint density at radius 1 is 1.17 bits per heavy atom. The van der Waals surface area contributed by atoms with Crippen LogP contribution >= 0.6 is 24.8 Å². The van der Waals surface area contributed by atoms with E-state index in [0.29, 0.717) is 19.1 Å². The van der Waals surface area contributed by atoms with Crippen LogP contribution in [0, 0.1) is 10.1 Å². The van der Waals surface area contributed by atoms with Crippen molar-refractivity contribution in [2.75, 3.05) is 33.2 Å². The predicted molar refractivity (Wildman–Crippen MR) is 99.7 cm³/mol. The maximum Gasteiger partial charge on any atom is 0.247 e. The number of halogens is 2. The van der Waals surface area contributed by atoms with Gasteiger partial charge in [0, 0.05) is 23.9 Å². The maximum absolute atomic E-state index is 11.9. The van der Waals surface area contributed by atoms with Crippen LogP contribution in [-0.4, -0.2) is 59.5 Å². The van der Waals surface area contributed by atoms with Crippen LogP contribution in [0.2, 0.25) is 0 Å². The van der Waals surface area contributed by atoms with Gasteiger partial charge in [0.15, 0.2) is 0 Å². The maximum atomic E-state index is 11.9. The Bertz CT molecular complexity index is 360. The third-order valence-corrected chi connectivity index (χ3v) is 5.22. The molecular weight excluding hydrogens is 337 g/mol. The number of nitro groups is 1. The van der Waals surface area contributed by atoms with Crippen molar-refractivity contribution >= 4 is 24.8 Å². The number of unbranched alkanes of at least 4 members (excludes halogenated alkanes) is 3. The zero-order chi connectivity index (χ0) is 15.3. The first-order chi connectivity index (χ1) is 10.1. The molecule has 0 aliphatic carbocycles. The van der Waals surface area contributed by atoms with Crippen LogP contribution in [0.4, 0.5) is 0 Å². The lowest BCUT2D eigenvalue weighted by atomic mass is 9.90. The molecule has 2 aliphatic rings. The predicted octanol–water partition coefficient (Wildman–Crippen LogP) is 3.62. The molecule has 2 rings (SSSR count). The van der Waals surface area contributed by atoms with Crippen molar-refractivity contribution < 1.29 is 4.92 Å². The largest absolute Gasteiger partial charge is 0.298 e. The van der Waals surface area contributed by atoms with Crippen molar-refractivity contribution in [2.45, 2.75) is 69.9 Å². The number of nitrogens with zero attached hydrogens (tertiary/aromatic N) is 3. The van der Waals surface area contributed by atoms with Gasteiger partial charge in [-0.25, -0.2) is 0 Å². The van der Waals surface area contributed by atoms with Crippen molar-refractivity contribution in [2.24, 2.45) is 0 Å². The van der Waals surface area contributed by atoms with Crippen LogP contribution in [0.3, 0.4) is 0 Å². The second-order valence-electron chi connectivity index (χ2n) is 7.11. The molecule has 0 aromatic carbocycles. The topological polar surface area (TPSA) is 49.6 Å². The molecule has 0 N–H and O–H groups in total. The first-order valence-corrected chi connectivity index (χ1v) is 8.64. The van der Waals surface area contributed by atoms with E-state index in [1.54, 1.807) is 0 Å². The van der Waals surface area contributed by atoms with Gasteiger partial charge >= 0.3 is 0 Å². The fourth-order valence-electron chi connectivity index (χ4n) is 4.08. The van der Waals surface area contributed by atoms with Gasteiger partial charge in [-0.2, -0.15) is 0 Å². The summed E-state index contributed by atoms with van der Waals surface area (Å²) >= 11 is 0. The molecular formula is C16H33Cl2N3O2. The summed E-state index contributed by atoms with van der Waals surface area (Å²) in [5.74, 6) is 0. The van der Waals surface area contributed by atoms with E-state index < -0.39 is 5.54 Å². The third-order valence-electron chi connectivity index (χ3n) is 5.22. The van der Waals surface area contributed by atoms with E-state index in [1.807, 2.05) is 0 Å². The van der Waals surface area contributed by atoms with Crippen LogP contribution in [-0.2, 0) is 0 Å². The van der Waals surface area contributed by atoms with Crippen LogP contribution in [0.5, 0.6) is 0 Å². The minimum absolute atomic E-state index is 0. The van der Waals surface area contributed by atoms with E-state index in [-0.39, 0.29) is 29.7 Å². The lowest BCUT2D eigenvalue weighted by molar-refractivity contribution is -0.571. The van der Waals surface area contributed by atoms with E-state index >= 15 is 0 Å². The standard InChI is InChI=1S/C16H31N3O2.2ClH/c1-3-4-5-7-10-16(19(20)21)13-17(2)12-15-9-6-8-11-18(15)14-16;;/h15H,3-14H2,1-2H3;2*1H. The Hall–Kier alpha value is -0.100. The van der Waals surface area contributed by atoms with Crippen LogP contribution in [0.1, 0.15) is 58.3 Å². The molecule has 2 saturated heterocycles. The summed E-state index contributed by atoms with van der Waals surface area (Å²) in [4.78, 5) is 16.5. The normalized spacial score (nSPS) is 28.9. The molecule has 2 unspecified atom stereocenters. The highest BCUT2D eigenvalue weighted by molar-refractivity contribution is 5.85. The van der Waals surface area contributed by atoms with E-state index in [2.05, 4.69) is 23.8 Å². The van der Waals surface area contributed by atoms with E-state index in [4.69, 9.17) is 0 Å². The first-order valence-electron chi connectivity index (χ1n) is 8.64. The highest BCUT2D eigenvalue weighted by Crippen LogP contribution is 2.29. The number of hydrogen-bond acceptors (Lipinski definition) is 4. The van der Waals surface area contributed by atoms with Gasteiger partial charge in [-0.05, 0) is 32.9 Å². The smallest absolute Gasteiger partial charge is 0.247 e. The summed E-state index contributed by atoms with van der Waals surface area (Å²) in [6, 6.07) is 0.529. The summed E-state index contributed by atoms with van der Waals surface area (Å²) in [5.41, 5.74) is -0.755. The molecule has 0 spiro atoms. The number of fused-ring (bicyclic) bond motifs is 1. The lowest BCUT2D eigenvalue weighted by Gasteiger charge is -2.36. The average Bonchev–Trinajstić information content (AvgIpc) is 2.59. The molecule has 2 heterocycles. The zero-order valence-electron chi connectivity index (χ0n) is 14.5. The lowest BCUT2D eigenvalue weighted by Crippen LogP contribution is -2.53. The SMILES string of the molecule is CCCCCCC1([N+](=O)[O-])CN(C)CC2CCCCN2C1.Cl.Cl. The van der Waals surface area contributed by atoms with Crippen LogP contribution in [0.15, 0.2) is 0 Å². The Labute approximate surface area is 153 Å². The summed E-state index contributed by atoms with van der Waals surface area (Å²) in [6.07, 6.45) is 8.89. The second kappa shape index (κ2) is 10.7. The van der Waals surface area contributed by atoms with Crippen molar-refractivity contribution in [3.8, 4) is 0 Å². The summed E-state index contributed by atoms with van der Waals surface area (Å²) in [7, 11) is 2.06. The highest BCUT2D eigenvalue weighted by Gasteiger charge is 2.48. The van der Waals surface area contributed by atoms with Crippen LogP contribution < -0.4 is 0 Å². The van der Waals surface area contributed by atoms with Gasteiger partial charge in [-0.1, -0.05) is 32.6 Å². The first kappa shape index (κ1) is 22.9. The minimum atomic E-state index is -0.755. The molecule has 0 aromatic heterocycles. The zero-order valence-corrected chi connectivity index (χ0v) is 16.2. The molecule has 7 heteroatoms. The fourth-order valence-corrected chi connectivity index (χ4v) is 4.08. The molecule has 0 bridgehead atoms. The molecule has 0 amide bonds. The summed E-state index contributed by atoms with van der Waals surface area (Å²) in [6.45, 7) is 5.48. The molecule has 5 nitrogen and oxygen atoms in total. The van der Waals surface area contributed by atoms with E-state index in [0.717, 1.165) is 32.4 Å². The quantitative estimate of drug-likeness (QED) is 0.407. The average molecular weight is 370 g/mol. The molecule has 23 heavy (non-hydrogen) atoms. The highest BCUT2D eigenvalue weighted by atomic mass is 35.5. The van der Waals surface area contributed by atoms with Gasteiger partial charge in [0.1, 0.15) is 0 Å². The molecule has 0 saturated carbocycles. The molecule has 138 valence electrons. The van der Waals surface area contributed by atoms with E-state index in [9.17, 15) is 10.1 Å². The Morgan fingerprint density at radius 3 is 2.57 bits per heavy atom. The molecule has 0 aromatic rings. The second-order valence-corrected chi connectivity index (χ2v) is 7.11. The summed E-state index contributed by atoms with van der Waals surface area (Å²) < 4.78 is 0. The van der Waals surface area contributed by atoms with Gasteiger partial charge in [0.25, 0.3) is 0 Å². The van der Waals surface area contributed by atoms with E-state index in [1.165, 1.54) is 32.1 Å². The third kappa shape index (κ3) is 6.04. The van der Waals surface area contributed by atoms with Crippen LogP contribution in [0.25, 0.3) is 0 Å². The summed E-state index contributed by atoms with van der Waals surface area (Å²) in [5, 5.41) is 11.9. The molecule has 2 aliphatic heterocycles. The number of rotatable bonds is 6. The van der Waals surface area contributed by atoms with Gasteiger partial charge < -0.3 is 0 Å². The Balaban J connectivity index is 0.00000242. The molecule has 0 radical (unpaired) electrons. The van der Waals surface area contributed by atoms with Crippen molar-refractivity contribution in [3.63, 3.8) is 0 Å². The van der Waals surface area contributed by atoms with Gasteiger partial charge in [-0.3, -0.25) is 19.9 Å². The number of hydrogen-bond donors (Lipinski definition) is 0. The molecule has 2 atom stereocenters. The van der Waals surface area contributed by atoms with Gasteiger partial charge in [-0.15, -0.1) is 24.8 Å². The van der Waals surface area contributed by atoms with Gasteiger partial charge in [0.05, 0.1) is 13.1 Å².